The zero-order valence-corrected chi connectivity index (χ0v) is 14.6. The summed E-state index contributed by atoms with van der Waals surface area (Å²) in [6, 6.07) is -1.14. The van der Waals surface area contributed by atoms with Gasteiger partial charge in [-0.05, 0) is 18.1 Å². The van der Waals surface area contributed by atoms with E-state index in [1.54, 1.807) is 13.8 Å². The van der Waals surface area contributed by atoms with Crippen LogP contribution in [0, 0.1) is 35.0 Å². The average Bonchev–Trinajstić information content (AvgIpc) is 2.82. The van der Waals surface area contributed by atoms with Crippen molar-refractivity contribution in [1.29, 1.82) is 0 Å². The lowest BCUT2D eigenvalue weighted by Gasteiger charge is -2.24. The van der Waals surface area contributed by atoms with Gasteiger partial charge in [0, 0.05) is 0 Å². The van der Waals surface area contributed by atoms with Crippen molar-refractivity contribution < 1.29 is 36.3 Å². The van der Waals surface area contributed by atoms with E-state index in [-0.39, 0.29) is 4.90 Å². The summed E-state index contributed by atoms with van der Waals surface area (Å²) in [5.74, 6) is -13.5. The number of halogens is 5. The van der Waals surface area contributed by atoms with Crippen LogP contribution < -0.4 is 4.90 Å². The van der Waals surface area contributed by atoms with Crippen LogP contribution in [-0.4, -0.2) is 41.6 Å². The lowest BCUT2D eigenvalue weighted by atomic mass is 10.0. The first-order valence-corrected chi connectivity index (χ1v) is 7.68. The second kappa shape index (κ2) is 7.14. The molecule has 1 amide bonds. The molecule has 1 aliphatic heterocycles. The summed E-state index contributed by atoms with van der Waals surface area (Å²) in [5.41, 5.74) is -1.48. The molecule has 1 heterocycles. The molecule has 0 saturated carbocycles. The molecular weight excluding hydrogens is 383 g/mol. The standard InChI is InChI=1S/C15H13F5N2O3S/c1-5(2)12-14(24)22(15(26)21(12)4-6(23)25-3)13-10(19)8(17)7(16)9(18)11(13)20/h5,12H,4H2,1-3H3. The van der Waals surface area contributed by atoms with Crippen LogP contribution in [0.3, 0.4) is 0 Å². The van der Waals surface area contributed by atoms with Crippen LogP contribution in [0.2, 0.25) is 0 Å². The van der Waals surface area contributed by atoms with Crippen LogP contribution in [0.25, 0.3) is 0 Å². The molecule has 5 nitrogen and oxygen atoms in total. The highest BCUT2D eigenvalue weighted by molar-refractivity contribution is 7.80. The van der Waals surface area contributed by atoms with Gasteiger partial charge in [0.15, 0.2) is 28.4 Å². The quantitative estimate of drug-likeness (QED) is 0.257. The third kappa shape index (κ3) is 3.00. The SMILES string of the molecule is COC(=O)CN1C(=S)N(c2c(F)c(F)c(F)c(F)c2F)C(=O)C1C(C)C. The summed E-state index contributed by atoms with van der Waals surface area (Å²) in [6.45, 7) is 2.60. The maximum Gasteiger partial charge on any atom is 0.325 e. The van der Waals surface area contributed by atoms with E-state index in [1.165, 1.54) is 0 Å². The van der Waals surface area contributed by atoms with Gasteiger partial charge in [0.05, 0.1) is 7.11 Å². The van der Waals surface area contributed by atoms with Crippen molar-refractivity contribution in [3.63, 3.8) is 0 Å². The number of ether oxygens (including phenoxy) is 1. The Bertz CT molecular complexity index is 773. The number of carbonyl (C=O) groups is 2. The monoisotopic (exact) mass is 396 g/mol. The fourth-order valence-electron chi connectivity index (χ4n) is 2.62. The van der Waals surface area contributed by atoms with Gasteiger partial charge >= 0.3 is 5.97 Å². The fraction of sp³-hybridized carbons (Fsp3) is 0.400. The Morgan fingerprint density at radius 3 is 1.96 bits per heavy atom. The van der Waals surface area contributed by atoms with Crippen LogP contribution in [0.5, 0.6) is 0 Å². The number of carbonyl (C=O) groups excluding carboxylic acids is 2. The molecule has 1 saturated heterocycles. The minimum atomic E-state index is -2.35. The van der Waals surface area contributed by atoms with Gasteiger partial charge in [0.1, 0.15) is 18.3 Å². The highest BCUT2D eigenvalue weighted by atomic mass is 32.1. The predicted molar refractivity (Wildman–Crippen MR) is 83.7 cm³/mol. The molecule has 142 valence electrons. The van der Waals surface area contributed by atoms with E-state index in [4.69, 9.17) is 12.2 Å². The Hall–Kier alpha value is -2.30. The summed E-state index contributed by atoms with van der Waals surface area (Å²) in [4.78, 5) is 25.4. The Morgan fingerprint density at radius 2 is 1.54 bits per heavy atom. The molecule has 0 radical (unpaired) electrons. The zero-order chi connectivity index (χ0) is 19.9. The Kier molecular flexibility index (Phi) is 5.49. The normalized spacial score (nSPS) is 17.5. The van der Waals surface area contributed by atoms with Crippen molar-refractivity contribution in [1.82, 2.24) is 4.90 Å². The Balaban J connectivity index is 2.63. The average molecular weight is 396 g/mol. The van der Waals surface area contributed by atoms with Crippen LogP contribution in [0.4, 0.5) is 27.6 Å². The predicted octanol–water partition coefficient (Wildman–Crippen LogP) is 2.51. The van der Waals surface area contributed by atoms with E-state index in [0.717, 1.165) is 12.0 Å². The number of rotatable bonds is 4. The fourth-order valence-corrected chi connectivity index (χ4v) is 2.98. The largest absolute Gasteiger partial charge is 0.468 e. The van der Waals surface area contributed by atoms with E-state index in [1.807, 2.05) is 0 Å². The lowest BCUT2D eigenvalue weighted by molar-refractivity contribution is -0.141. The molecular formula is C15H13F5N2O3S. The molecule has 1 aromatic carbocycles. The smallest absolute Gasteiger partial charge is 0.325 e. The summed E-state index contributed by atoms with van der Waals surface area (Å²) in [6.07, 6.45) is 0. The zero-order valence-electron chi connectivity index (χ0n) is 13.8. The topological polar surface area (TPSA) is 49.9 Å². The molecule has 0 aliphatic carbocycles. The molecule has 0 bridgehead atoms. The van der Waals surface area contributed by atoms with Crippen molar-refractivity contribution >= 4 is 34.9 Å². The maximum absolute atomic E-state index is 14.1. The number of amides is 1. The first-order chi connectivity index (χ1) is 12.0. The van der Waals surface area contributed by atoms with Crippen LogP contribution in [0.15, 0.2) is 0 Å². The van der Waals surface area contributed by atoms with Crippen molar-refractivity contribution in [2.45, 2.75) is 19.9 Å². The summed E-state index contributed by atoms with van der Waals surface area (Å²) >= 11 is 4.97. The van der Waals surface area contributed by atoms with E-state index < -0.39 is 70.3 Å². The highest BCUT2D eigenvalue weighted by Crippen LogP contribution is 2.35. The lowest BCUT2D eigenvalue weighted by Crippen LogP contribution is -2.42. The van der Waals surface area contributed by atoms with Crippen molar-refractivity contribution in [2.24, 2.45) is 5.92 Å². The minimum absolute atomic E-state index is 0.221. The molecule has 1 atom stereocenters. The number of anilines is 1. The molecule has 0 N–H and O–H groups in total. The summed E-state index contributed by atoms with van der Waals surface area (Å²) < 4.78 is 72.9. The van der Waals surface area contributed by atoms with Gasteiger partial charge in [-0.2, -0.15) is 0 Å². The molecule has 0 spiro atoms. The van der Waals surface area contributed by atoms with Gasteiger partial charge < -0.3 is 9.64 Å². The number of methoxy groups -OCH3 is 1. The number of hydrogen-bond acceptors (Lipinski definition) is 4. The molecule has 2 rings (SSSR count). The van der Waals surface area contributed by atoms with Crippen LogP contribution in [-0.2, 0) is 14.3 Å². The van der Waals surface area contributed by atoms with Crippen molar-refractivity contribution in [3.05, 3.63) is 29.1 Å². The van der Waals surface area contributed by atoms with Gasteiger partial charge in [-0.3, -0.25) is 9.59 Å². The molecule has 1 aliphatic rings. The first kappa shape index (κ1) is 20.0. The number of thiocarbonyl (C=S) groups is 1. The number of benzene rings is 1. The van der Waals surface area contributed by atoms with Gasteiger partial charge in [-0.15, -0.1) is 0 Å². The van der Waals surface area contributed by atoms with Crippen LogP contribution in [0.1, 0.15) is 13.8 Å². The number of esters is 1. The van der Waals surface area contributed by atoms with E-state index in [9.17, 15) is 31.5 Å². The van der Waals surface area contributed by atoms with Gasteiger partial charge in [0.25, 0.3) is 5.91 Å². The third-order valence-corrected chi connectivity index (χ3v) is 4.23. The Morgan fingerprint density at radius 1 is 1.08 bits per heavy atom. The van der Waals surface area contributed by atoms with E-state index in [0.29, 0.717) is 0 Å². The van der Waals surface area contributed by atoms with Crippen LogP contribution >= 0.6 is 12.2 Å². The van der Waals surface area contributed by atoms with Gasteiger partial charge in [0.2, 0.25) is 5.82 Å². The summed E-state index contributed by atoms with van der Waals surface area (Å²) in [7, 11) is 1.08. The summed E-state index contributed by atoms with van der Waals surface area (Å²) in [5, 5.41) is -0.567. The molecule has 26 heavy (non-hydrogen) atoms. The third-order valence-electron chi connectivity index (χ3n) is 3.82. The maximum atomic E-state index is 14.1. The molecule has 1 unspecified atom stereocenters. The van der Waals surface area contributed by atoms with E-state index in [2.05, 4.69) is 4.74 Å². The van der Waals surface area contributed by atoms with Gasteiger partial charge in [-0.1, -0.05) is 13.8 Å². The molecule has 1 fully saturated rings. The molecule has 1 aromatic rings. The van der Waals surface area contributed by atoms with Gasteiger partial charge in [-0.25, -0.2) is 26.9 Å². The second-order valence-electron chi connectivity index (χ2n) is 5.77. The highest BCUT2D eigenvalue weighted by Gasteiger charge is 2.48. The Labute approximate surface area is 150 Å². The number of nitrogens with zero attached hydrogens (tertiary/aromatic N) is 2. The van der Waals surface area contributed by atoms with Crippen molar-refractivity contribution in [2.75, 3.05) is 18.6 Å². The molecule has 11 heteroatoms. The first-order valence-electron chi connectivity index (χ1n) is 7.27. The number of hydrogen-bond donors (Lipinski definition) is 0. The van der Waals surface area contributed by atoms with E-state index >= 15 is 0 Å². The molecule has 0 aromatic heterocycles. The second-order valence-corrected chi connectivity index (χ2v) is 6.13. The minimum Gasteiger partial charge on any atom is -0.468 e. The van der Waals surface area contributed by atoms with Crippen molar-refractivity contribution in [3.8, 4) is 0 Å².